The molecule has 13 aromatic rings. The molecule has 0 bridgehead atoms. The summed E-state index contributed by atoms with van der Waals surface area (Å²) in [6, 6.07) is 65.6. The number of aromatic nitrogens is 6. The topological polar surface area (TPSA) is 181 Å². The lowest BCUT2D eigenvalue weighted by Gasteiger charge is -1.94. The molecule has 0 atom stereocenters. The van der Waals surface area contributed by atoms with Crippen molar-refractivity contribution in [1.29, 1.82) is 0 Å². The van der Waals surface area contributed by atoms with E-state index in [0.29, 0.717) is 11.2 Å². The number of H-pyrrole nitrogens is 3. The maximum atomic E-state index is 10.6. The number of aromatic amines is 3. The monoisotopic (exact) mass is 1480 g/mol. The molecule has 13 nitrogen and oxygen atoms in total. The van der Waals surface area contributed by atoms with Gasteiger partial charge in [-0.05, 0) is 171 Å². The average molecular weight is 1480 g/mol. The number of hydrogen-bond donors (Lipinski definition) is 4. The first-order valence-electron chi connectivity index (χ1n) is 37.8. The summed E-state index contributed by atoms with van der Waals surface area (Å²) in [6.45, 7) is 54.0. The van der Waals surface area contributed by atoms with Gasteiger partial charge in [0, 0.05) is 41.0 Å². The van der Waals surface area contributed by atoms with E-state index < -0.39 is 5.76 Å². The largest absolute Gasteiger partial charge is 0.493 e. The zero-order valence-electron chi connectivity index (χ0n) is 68.7. The summed E-state index contributed by atoms with van der Waals surface area (Å²) in [5.41, 5.74) is 12.6. The highest BCUT2D eigenvalue weighted by Gasteiger charge is 2.10. The Morgan fingerprint density at radius 2 is 0.849 bits per heavy atom. The summed E-state index contributed by atoms with van der Waals surface area (Å²) < 4.78 is 20.3. The SMILES string of the molecule is CC(C)C.CC(C)C.CC(C)C.CC(C)C.CC(C)C.CC(C)C.CC(C)C.CC(C)C.O=c1[nH]c2ccccc2o1.O=c1oc2ccccc2s1.c1ccc2[nH]ccc2c1.c1ccc2[nH]cnc2c1.c1ccc2c(c1)CCN2.c1ccc2c(c1)CCO2.c1ccc2c(c1)CCS2.c1ccc2nonc2c1. The van der Waals surface area contributed by atoms with Gasteiger partial charge in [0.2, 0.25) is 0 Å². The van der Waals surface area contributed by atoms with E-state index >= 15 is 0 Å². The predicted octanol–water partition coefficient (Wildman–Crippen LogP) is 26.8. The van der Waals surface area contributed by atoms with Crippen LogP contribution in [0.4, 0.5) is 5.69 Å². The molecule has 0 aliphatic carbocycles. The third-order valence-electron chi connectivity index (χ3n) is 11.4. The molecule has 0 amide bonds. The van der Waals surface area contributed by atoms with Crippen LogP contribution < -0.4 is 20.7 Å². The van der Waals surface area contributed by atoms with Crippen LogP contribution in [0.5, 0.6) is 5.75 Å². The van der Waals surface area contributed by atoms with Crippen LogP contribution in [0.15, 0.2) is 241 Å². The molecule has 0 saturated heterocycles. The van der Waals surface area contributed by atoms with Crippen molar-refractivity contribution in [2.75, 3.05) is 24.2 Å². The molecule has 3 aliphatic rings. The summed E-state index contributed by atoms with van der Waals surface area (Å²) in [5, 5.41) is 11.8. The zero-order valence-corrected chi connectivity index (χ0v) is 70.3. The smallest absolute Gasteiger partial charge is 0.417 e. The van der Waals surface area contributed by atoms with Crippen molar-refractivity contribution in [3.05, 3.63) is 250 Å². The summed E-state index contributed by atoms with van der Waals surface area (Å²) in [6.07, 6.45) is 7.18. The number of para-hydroxylation sites is 8. The minimum absolute atomic E-state index is 0.235. The highest BCUT2D eigenvalue weighted by molar-refractivity contribution is 7.99. The Labute approximate surface area is 645 Å². The molecule has 8 aromatic carbocycles. The van der Waals surface area contributed by atoms with Crippen molar-refractivity contribution < 1.29 is 18.2 Å². The van der Waals surface area contributed by atoms with E-state index in [1.165, 1.54) is 56.8 Å². The van der Waals surface area contributed by atoms with E-state index in [-0.39, 0.29) is 4.94 Å². The Morgan fingerprint density at radius 3 is 1.37 bits per heavy atom. The van der Waals surface area contributed by atoms with Gasteiger partial charge in [-0.15, -0.1) is 11.8 Å². The lowest BCUT2D eigenvalue weighted by molar-refractivity contribution is 0.315. The van der Waals surface area contributed by atoms with Crippen LogP contribution in [-0.2, 0) is 19.3 Å². The second-order valence-corrected chi connectivity index (χ2v) is 32.4. The maximum Gasteiger partial charge on any atom is 0.417 e. The molecule has 0 radical (unpaired) electrons. The van der Waals surface area contributed by atoms with Gasteiger partial charge < -0.3 is 28.9 Å². The van der Waals surface area contributed by atoms with Gasteiger partial charge in [0.15, 0.2) is 5.58 Å². The summed E-state index contributed by atoms with van der Waals surface area (Å²) in [5.74, 6) is 8.61. The lowest BCUT2D eigenvalue weighted by atomic mass is 10.2. The highest BCUT2D eigenvalue weighted by atomic mass is 32.2. The molecule has 578 valence electrons. The number of anilines is 1. The molecule has 0 saturated carbocycles. The number of rotatable bonds is 0. The lowest BCUT2D eigenvalue weighted by Crippen LogP contribution is -1.92. The number of ether oxygens (including phenoxy) is 1. The fourth-order valence-corrected chi connectivity index (χ4v) is 9.54. The Kier molecular flexibility index (Phi) is 51.4. The number of aryl methyl sites for hydroxylation is 1. The molecule has 106 heavy (non-hydrogen) atoms. The fraction of sp³-hybridized carbons (Fsp3) is 0.418. The first-order valence-corrected chi connectivity index (χ1v) is 39.6. The molecule has 0 fully saturated rings. The number of thioether (sulfide) groups is 1. The van der Waals surface area contributed by atoms with Crippen LogP contribution >= 0.6 is 23.1 Å². The summed E-state index contributed by atoms with van der Waals surface area (Å²) in [4.78, 5) is 35.2. The second-order valence-electron chi connectivity index (χ2n) is 30.3. The van der Waals surface area contributed by atoms with E-state index in [9.17, 15) is 9.59 Å². The third kappa shape index (κ3) is 49.0. The van der Waals surface area contributed by atoms with Crippen molar-refractivity contribution >= 4 is 83.1 Å². The van der Waals surface area contributed by atoms with Crippen molar-refractivity contribution in [2.45, 2.75) is 190 Å². The summed E-state index contributed by atoms with van der Waals surface area (Å²) in [7, 11) is 0. The molecule has 15 heteroatoms. The van der Waals surface area contributed by atoms with E-state index in [4.69, 9.17) is 13.6 Å². The fourth-order valence-electron chi connectivity index (χ4n) is 7.80. The first-order chi connectivity index (χ1) is 50.4. The normalized spacial score (nSPS) is 11.1. The number of hydrogen-bond acceptors (Lipinski definition) is 12. The molecule has 0 spiro atoms. The Morgan fingerprint density at radius 1 is 0.396 bits per heavy atom. The Hall–Kier alpha value is -8.92. The number of benzene rings is 8. The van der Waals surface area contributed by atoms with Gasteiger partial charge in [0.25, 0.3) is 0 Å². The quantitative estimate of drug-likeness (QED) is 0.113. The summed E-state index contributed by atoms with van der Waals surface area (Å²) >= 11 is 3.10. The van der Waals surface area contributed by atoms with Crippen LogP contribution in [0.2, 0.25) is 0 Å². The van der Waals surface area contributed by atoms with Crippen molar-refractivity contribution in [3.8, 4) is 5.75 Å². The van der Waals surface area contributed by atoms with E-state index in [2.05, 4.69) is 279 Å². The van der Waals surface area contributed by atoms with Crippen molar-refractivity contribution in [2.24, 2.45) is 47.3 Å². The van der Waals surface area contributed by atoms with Crippen LogP contribution in [-0.4, -0.2) is 49.2 Å². The molecule has 8 heterocycles. The van der Waals surface area contributed by atoms with Crippen LogP contribution in [0.1, 0.15) is 183 Å². The molecule has 5 aromatic heterocycles. The van der Waals surface area contributed by atoms with Gasteiger partial charge in [-0.1, -0.05) is 299 Å². The number of fused-ring (bicyclic) bond motifs is 8. The number of nitrogens with one attached hydrogen (secondary N) is 4. The number of oxazole rings is 1. The minimum atomic E-state index is -0.402. The van der Waals surface area contributed by atoms with Crippen LogP contribution in [0.25, 0.3) is 54.4 Å². The van der Waals surface area contributed by atoms with E-state index in [1.807, 2.05) is 127 Å². The van der Waals surface area contributed by atoms with Crippen molar-refractivity contribution in [1.82, 2.24) is 30.2 Å². The first kappa shape index (κ1) is 95.1. The van der Waals surface area contributed by atoms with E-state index in [0.717, 1.165) is 116 Å². The molecule has 4 N–H and O–H groups in total. The van der Waals surface area contributed by atoms with E-state index in [1.54, 1.807) is 24.5 Å². The number of imidazole rings is 1. The molecular formula is C91H131N7O6S2. The van der Waals surface area contributed by atoms with Crippen LogP contribution in [0, 0.1) is 47.3 Å². The second kappa shape index (κ2) is 57.3. The van der Waals surface area contributed by atoms with Gasteiger partial charge in [-0.3, -0.25) is 4.98 Å². The Balaban J connectivity index is 0.000000574. The standard InChI is InChI=1S/C8H9N.C8H7N.C8H8O.C8H8S.C7H6N2.C7H5NO2.C7H4O2S.C6H4N2O.8C4H10/c4*1-2-4-8-7(3-1)5-6-9-8;1-2-4-7-6(3-1)8-5-9-7;9-7-8-5-3-1-2-4-6(5)10-7;8-7-9-5-3-1-2-4-6(5)10-7;1-2-4-6-5(3-1)7-9-8-6;8*1-4(2)3/h1-4,9H,5-6H2;1-6,9H;2*1-4H,5-6H2;1-5H,(H,8,9);1-4H,(H,8,9);1-4H;1-4H;8*4H,1-3H3. The predicted molar refractivity (Wildman–Crippen MR) is 463 cm³/mol. The van der Waals surface area contributed by atoms with Gasteiger partial charge in [-0.25, -0.2) is 19.2 Å². The van der Waals surface area contributed by atoms with Crippen LogP contribution in [0.3, 0.4) is 0 Å². The number of nitrogens with zero attached hydrogens (tertiary/aromatic N) is 3. The molecule has 16 rings (SSSR count). The molecule has 3 aliphatic heterocycles. The van der Waals surface area contributed by atoms with Gasteiger partial charge >= 0.3 is 10.7 Å². The third-order valence-corrected chi connectivity index (χ3v) is 13.4. The zero-order chi connectivity index (χ0) is 79.2. The minimum Gasteiger partial charge on any atom is -0.493 e. The Bertz CT molecular complexity index is 3680. The van der Waals surface area contributed by atoms with Gasteiger partial charge in [0.1, 0.15) is 22.4 Å². The maximum absolute atomic E-state index is 10.6. The molecule has 0 unspecified atom stereocenters. The highest BCUT2D eigenvalue weighted by Crippen LogP contribution is 2.30. The van der Waals surface area contributed by atoms with Crippen molar-refractivity contribution in [3.63, 3.8) is 0 Å². The van der Waals surface area contributed by atoms with Gasteiger partial charge in [0.05, 0.1) is 34.2 Å². The van der Waals surface area contributed by atoms with Gasteiger partial charge in [-0.2, -0.15) is 0 Å². The molecular weight excluding hydrogens is 1350 g/mol. The average Bonchev–Trinajstić information content (AvgIpc) is 1.71.